The molecule has 1 aromatic carbocycles. The van der Waals surface area contributed by atoms with Crippen molar-refractivity contribution in [3.05, 3.63) is 29.8 Å². The van der Waals surface area contributed by atoms with Gasteiger partial charge in [-0.2, -0.15) is 0 Å². The number of carbonyl (C=O) groups excluding carboxylic acids is 1. The Bertz CT molecular complexity index is 407. The average molecular weight is 262 g/mol. The Morgan fingerprint density at radius 3 is 2.58 bits per heavy atom. The number of amides is 1. The molecular weight excluding hydrogens is 236 g/mol. The largest absolute Gasteiger partial charge is 0.330 e. The van der Waals surface area contributed by atoms with Crippen LogP contribution < -0.4 is 11.1 Å². The van der Waals surface area contributed by atoms with Gasteiger partial charge in [-0.25, -0.2) is 0 Å². The summed E-state index contributed by atoms with van der Waals surface area (Å²) >= 11 is 0. The molecule has 1 amide bonds. The van der Waals surface area contributed by atoms with Gasteiger partial charge in [-0.3, -0.25) is 4.79 Å². The molecule has 3 heteroatoms. The minimum Gasteiger partial charge on any atom is -0.330 e. The summed E-state index contributed by atoms with van der Waals surface area (Å²) in [5.41, 5.74) is 7.64. The van der Waals surface area contributed by atoms with E-state index in [0.717, 1.165) is 24.9 Å². The molecule has 19 heavy (non-hydrogen) atoms. The predicted octanol–water partition coefficient (Wildman–Crippen LogP) is 3.44. The van der Waals surface area contributed by atoms with Crippen molar-refractivity contribution in [2.24, 2.45) is 5.73 Å². The van der Waals surface area contributed by atoms with Crippen molar-refractivity contribution < 1.29 is 4.79 Å². The Morgan fingerprint density at radius 2 is 1.95 bits per heavy atom. The van der Waals surface area contributed by atoms with E-state index in [0.29, 0.717) is 13.0 Å². The smallest absolute Gasteiger partial charge is 0.224 e. The maximum Gasteiger partial charge on any atom is 0.224 e. The summed E-state index contributed by atoms with van der Waals surface area (Å²) in [6.07, 6.45) is 3.49. The molecular formula is C16H26N2O. The molecule has 1 rings (SSSR count). The maximum absolute atomic E-state index is 11.8. The maximum atomic E-state index is 11.8. The van der Waals surface area contributed by atoms with E-state index in [1.807, 2.05) is 12.1 Å². The van der Waals surface area contributed by atoms with E-state index in [1.165, 1.54) is 5.56 Å². The molecule has 0 bridgehead atoms. The van der Waals surface area contributed by atoms with Crippen LogP contribution in [-0.4, -0.2) is 12.5 Å². The summed E-state index contributed by atoms with van der Waals surface area (Å²) in [7, 11) is 0. The molecule has 106 valence electrons. The fourth-order valence-electron chi connectivity index (χ4n) is 1.89. The molecule has 0 radical (unpaired) electrons. The van der Waals surface area contributed by atoms with Crippen LogP contribution in [0.3, 0.4) is 0 Å². The lowest BCUT2D eigenvalue weighted by Crippen LogP contribution is -2.14. The quantitative estimate of drug-likeness (QED) is 0.772. The van der Waals surface area contributed by atoms with Crippen LogP contribution in [0.25, 0.3) is 0 Å². The molecule has 0 spiro atoms. The summed E-state index contributed by atoms with van der Waals surface area (Å²) in [5.74, 6) is 0.0862. The highest BCUT2D eigenvalue weighted by molar-refractivity contribution is 5.90. The molecule has 0 atom stereocenters. The second kappa shape index (κ2) is 7.29. The molecule has 1 aromatic rings. The van der Waals surface area contributed by atoms with Crippen LogP contribution in [-0.2, 0) is 10.2 Å². The van der Waals surface area contributed by atoms with E-state index in [9.17, 15) is 4.79 Å². The number of hydrogen-bond donors (Lipinski definition) is 2. The van der Waals surface area contributed by atoms with Crippen LogP contribution in [0.2, 0.25) is 0 Å². The zero-order valence-corrected chi connectivity index (χ0v) is 12.3. The van der Waals surface area contributed by atoms with Crippen molar-refractivity contribution in [1.29, 1.82) is 0 Å². The number of rotatable bonds is 6. The second-order valence-corrected chi connectivity index (χ2v) is 5.98. The first-order chi connectivity index (χ1) is 8.93. The lowest BCUT2D eigenvalue weighted by molar-refractivity contribution is -0.116. The van der Waals surface area contributed by atoms with Crippen molar-refractivity contribution in [2.45, 2.75) is 51.9 Å². The first-order valence-corrected chi connectivity index (χ1v) is 7.04. The van der Waals surface area contributed by atoms with Gasteiger partial charge in [0.05, 0.1) is 0 Å². The summed E-state index contributed by atoms with van der Waals surface area (Å²) < 4.78 is 0. The topological polar surface area (TPSA) is 55.1 Å². The molecule has 0 unspecified atom stereocenters. The zero-order valence-electron chi connectivity index (χ0n) is 12.3. The molecule has 0 aliphatic rings. The van der Waals surface area contributed by atoms with Crippen LogP contribution >= 0.6 is 0 Å². The van der Waals surface area contributed by atoms with Gasteiger partial charge in [-0.1, -0.05) is 39.3 Å². The summed E-state index contributed by atoms with van der Waals surface area (Å²) in [6, 6.07) is 8.08. The summed E-state index contributed by atoms with van der Waals surface area (Å²) in [6.45, 7) is 7.21. The number of nitrogens with one attached hydrogen (secondary N) is 1. The molecule has 0 aliphatic carbocycles. The molecule has 3 nitrogen and oxygen atoms in total. The number of unbranched alkanes of at least 4 members (excludes halogenated alkanes) is 2. The van der Waals surface area contributed by atoms with Gasteiger partial charge >= 0.3 is 0 Å². The highest BCUT2D eigenvalue weighted by Gasteiger charge is 2.14. The van der Waals surface area contributed by atoms with E-state index >= 15 is 0 Å². The normalized spacial score (nSPS) is 11.4. The minimum absolute atomic E-state index is 0.0862. The third-order valence-corrected chi connectivity index (χ3v) is 3.12. The number of hydrogen-bond acceptors (Lipinski definition) is 2. The van der Waals surface area contributed by atoms with E-state index in [2.05, 4.69) is 38.2 Å². The van der Waals surface area contributed by atoms with Crippen molar-refractivity contribution in [3.63, 3.8) is 0 Å². The highest BCUT2D eigenvalue weighted by Crippen LogP contribution is 2.24. The van der Waals surface area contributed by atoms with Crippen LogP contribution in [0.4, 0.5) is 5.69 Å². The highest BCUT2D eigenvalue weighted by atomic mass is 16.1. The minimum atomic E-state index is 0.0862. The summed E-state index contributed by atoms with van der Waals surface area (Å²) in [5, 5.41) is 2.96. The van der Waals surface area contributed by atoms with Crippen LogP contribution in [0.5, 0.6) is 0 Å². The van der Waals surface area contributed by atoms with Crippen molar-refractivity contribution in [2.75, 3.05) is 11.9 Å². The van der Waals surface area contributed by atoms with E-state index in [4.69, 9.17) is 5.73 Å². The van der Waals surface area contributed by atoms with Crippen LogP contribution in [0.15, 0.2) is 24.3 Å². The van der Waals surface area contributed by atoms with Gasteiger partial charge in [0, 0.05) is 12.1 Å². The van der Waals surface area contributed by atoms with E-state index < -0.39 is 0 Å². The summed E-state index contributed by atoms with van der Waals surface area (Å²) in [4.78, 5) is 11.8. The molecule has 0 saturated heterocycles. The Labute approximate surface area is 116 Å². The molecule has 0 saturated carbocycles. The predicted molar refractivity (Wildman–Crippen MR) is 81.3 cm³/mol. The van der Waals surface area contributed by atoms with Gasteiger partial charge in [0.2, 0.25) is 5.91 Å². The monoisotopic (exact) mass is 262 g/mol. The fourth-order valence-corrected chi connectivity index (χ4v) is 1.89. The van der Waals surface area contributed by atoms with Gasteiger partial charge < -0.3 is 11.1 Å². The lowest BCUT2D eigenvalue weighted by atomic mass is 9.87. The van der Waals surface area contributed by atoms with E-state index in [1.54, 1.807) is 0 Å². The number of nitrogens with two attached hydrogens (primary N) is 1. The molecule has 0 fully saturated rings. The Balaban J connectivity index is 2.50. The Kier molecular flexibility index (Phi) is 6.03. The van der Waals surface area contributed by atoms with Crippen molar-refractivity contribution in [1.82, 2.24) is 0 Å². The third-order valence-electron chi connectivity index (χ3n) is 3.12. The first kappa shape index (κ1) is 15.7. The average Bonchev–Trinajstić information content (AvgIpc) is 2.34. The van der Waals surface area contributed by atoms with Gasteiger partial charge in [0.15, 0.2) is 0 Å². The van der Waals surface area contributed by atoms with E-state index in [-0.39, 0.29) is 11.3 Å². The van der Waals surface area contributed by atoms with Gasteiger partial charge in [0.1, 0.15) is 0 Å². The standard InChI is InChI=1S/C16H26N2O/c1-16(2,3)13-8-7-9-14(12-13)18-15(19)10-5-4-6-11-17/h7-9,12H,4-6,10-11,17H2,1-3H3,(H,18,19). The van der Waals surface area contributed by atoms with Crippen LogP contribution in [0.1, 0.15) is 52.0 Å². The van der Waals surface area contributed by atoms with Crippen molar-refractivity contribution >= 4 is 11.6 Å². The molecule has 0 aromatic heterocycles. The Morgan fingerprint density at radius 1 is 1.21 bits per heavy atom. The SMILES string of the molecule is CC(C)(C)c1cccc(NC(=O)CCCCCN)c1. The number of anilines is 1. The molecule has 0 aliphatic heterocycles. The lowest BCUT2D eigenvalue weighted by Gasteiger charge is -2.19. The van der Waals surface area contributed by atoms with Crippen molar-refractivity contribution in [3.8, 4) is 0 Å². The van der Waals surface area contributed by atoms with Gasteiger partial charge in [-0.15, -0.1) is 0 Å². The third kappa shape index (κ3) is 5.88. The number of carbonyl (C=O) groups is 1. The number of benzene rings is 1. The second-order valence-electron chi connectivity index (χ2n) is 5.98. The first-order valence-electron chi connectivity index (χ1n) is 7.04. The fraction of sp³-hybridized carbons (Fsp3) is 0.562. The van der Waals surface area contributed by atoms with Crippen LogP contribution in [0, 0.1) is 0 Å². The Hall–Kier alpha value is -1.35. The van der Waals surface area contributed by atoms with Gasteiger partial charge in [0.25, 0.3) is 0 Å². The van der Waals surface area contributed by atoms with Gasteiger partial charge in [-0.05, 0) is 42.5 Å². The molecule has 0 heterocycles. The molecule has 3 N–H and O–H groups in total. The zero-order chi connectivity index (χ0) is 14.3.